The molecule has 1 heterocycles. The molecule has 1 amide bonds. The highest BCUT2D eigenvalue weighted by Gasteiger charge is 2.53. The first-order valence-electron chi connectivity index (χ1n) is 16.1. The Morgan fingerprint density at radius 2 is 1.60 bits per heavy atom. The molecule has 1 atom stereocenters. The lowest BCUT2D eigenvalue weighted by atomic mass is 9.69. The van der Waals surface area contributed by atoms with Gasteiger partial charge >= 0.3 is 11.9 Å². The Kier molecular flexibility index (Phi) is 9.59. The number of carbonyl (C=O) groups is 3. The van der Waals surface area contributed by atoms with E-state index in [1.165, 1.54) is 26.2 Å². The van der Waals surface area contributed by atoms with Crippen molar-refractivity contribution in [1.82, 2.24) is 9.80 Å². The number of ether oxygens (including phenoxy) is 1. The van der Waals surface area contributed by atoms with E-state index < -0.39 is 17.6 Å². The first kappa shape index (κ1) is 32.2. The summed E-state index contributed by atoms with van der Waals surface area (Å²) in [5.74, 6) is -0.0339. The van der Waals surface area contributed by atoms with E-state index in [0.717, 1.165) is 56.9 Å². The predicted molar refractivity (Wildman–Crippen MR) is 167 cm³/mol. The molecule has 2 saturated carbocycles. The smallest absolute Gasteiger partial charge is 0.345 e. The third-order valence-electron chi connectivity index (χ3n) is 9.89. The van der Waals surface area contributed by atoms with Gasteiger partial charge in [-0.25, -0.2) is 9.79 Å². The molecule has 1 spiro atoms. The molecule has 42 heavy (non-hydrogen) atoms. The largest absolute Gasteiger partial charge is 0.390 e. The van der Waals surface area contributed by atoms with Crippen LogP contribution in [0.2, 0.25) is 0 Å². The lowest BCUT2D eigenvalue weighted by Gasteiger charge is -2.47. The maximum absolute atomic E-state index is 14.6. The fourth-order valence-electron chi connectivity index (χ4n) is 7.24. The van der Waals surface area contributed by atoms with E-state index in [1.807, 2.05) is 12.1 Å². The van der Waals surface area contributed by atoms with Gasteiger partial charge in [-0.15, -0.1) is 0 Å². The quantitative estimate of drug-likeness (QED) is 0.255. The Balaban J connectivity index is 1.73. The van der Waals surface area contributed by atoms with Gasteiger partial charge < -0.3 is 14.5 Å². The summed E-state index contributed by atoms with van der Waals surface area (Å²) in [5.41, 5.74) is 1.06. The maximum atomic E-state index is 14.6. The van der Waals surface area contributed by atoms with Crippen LogP contribution in [0.25, 0.3) is 0 Å². The Morgan fingerprint density at radius 3 is 2.12 bits per heavy atom. The number of esters is 2. The molecule has 0 N–H and O–H groups in total. The maximum Gasteiger partial charge on any atom is 0.345 e. The van der Waals surface area contributed by atoms with Crippen LogP contribution in [-0.4, -0.2) is 52.2 Å². The third kappa shape index (κ3) is 7.26. The van der Waals surface area contributed by atoms with Crippen molar-refractivity contribution in [1.29, 1.82) is 0 Å². The molecule has 0 unspecified atom stereocenters. The molecule has 0 radical (unpaired) electrons. The molecule has 1 aromatic carbocycles. The van der Waals surface area contributed by atoms with Crippen molar-refractivity contribution in [3.8, 4) is 0 Å². The number of hydrogen-bond acceptors (Lipinski definition) is 6. The Labute approximate surface area is 253 Å². The topological polar surface area (TPSA) is 79.3 Å². The molecule has 0 aromatic heterocycles. The van der Waals surface area contributed by atoms with E-state index in [-0.39, 0.29) is 22.8 Å². The molecule has 2 aliphatic carbocycles. The molecule has 1 aliphatic heterocycles. The molecule has 3 aliphatic rings. The monoisotopic (exact) mass is 579 g/mol. The van der Waals surface area contributed by atoms with Gasteiger partial charge in [0.15, 0.2) is 5.84 Å². The fourth-order valence-corrected chi connectivity index (χ4v) is 7.24. The van der Waals surface area contributed by atoms with Crippen LogP contribution < -0.4 is 0 Å². The lowest BCUT2D eigenvalue weighted by Crippen LogP contribution is -2.52. The summed E-state index contributed by atoms with van der Waals surface area (Å²) in [6.07, 6.45) is 11.4. The van der Waals surface area contributed by atoms with Crippen LogP contribution in [0, 0.1) is 16.7 Å². The van der Waals surface area contributed by atoms with Crippen molar-refractivity contribution in [2.75, 3.05) is 7.05 Å². The summed E-state index contributed by atoms with van der Waals surface area (Å²) >= 11 is 0. The molecule has 2 fully saturated rings. The second-order valence-corrected chi connectivity index (χ2v) is 15.3. The lowest BCUT2D eigenvalue weighted by molar-refractivity contribution is -0.136. The number of nitrogens with zero attached hydrogens (tertiary/aromatic N) is 3. The molecule has 7 nitrogen and oxygen atoms in total. The van der Waals surface area contributed by atoms with Crippen LogP contribution in [0.3, 0.4) is 0 Å². The molecule has 1 aromatic rings. The molecular weight excluding hydrogens is 526 g/mol. The van der Waals surface area contributed by atoms with Gasteiger partial charge in [0, 0.05) is 20.0 Å². The van der Waals surface area contributed by atoms with E-state index in [1.54, 1.807) is 12.1 Å². The summed E-state index contributed by atoms with van der Waals surface area (Å²) in [6.45, 7) is 14.9. The van der Waals surface area contributed by atoms with E-state index in [4.69, 9.17) is 9.73 Å². The summed E-state index contributed by atoms with van der Waals surface area (Å²) < 4.78 is 4.80. The fraction of sp³-hybridized carbons (Fsp3) is 0.714. The van der Waals surface area contributed by atoms with Gasteiger partial charge in [0.2, 0.25) is 0 Å². The molecular formula is C35H53N3O4. The van der Waals surface area contributed by atoms with Crippen LogP contribution in [0.4, 0.5) is 0 Å². The number of benzene rings is 1. The zero-order valence-corrected chi connectivity index (χ0v) is 27.3. The van der Waals surface area contributed by atoms with Gasteiger partial charge in [0.1, 0.15) is 5.66 Å². The first-order chi connectivity index (χ1) is 19.6. The van der Waals surface area contributed by atoms with Crippen molar-refractivity contribution in [3.05, 3.63) is 35.4 Å². The van der Waals surface area contributed by atoms with Gasteiger partial charge in [-0.2, -0.15) is 0 Å². The highest BCUT2D eigenvalue weighted by atomic mass is 16.6. The number of rotatable bonds is 6. The molecule has 4 rings (SSSR count). The van der Waals surface area contributed by atoms with Crippen molar-refractivity contribution in [3.63, 3.8) is 0 Å². The number of hydrogen-bond donors (Lipinski definition) is 0. The Morgan fingerprint density at radius 1 is 1.00 bits per heavy atom. The second-order valence-electron chi connectivity index (χ2n) is 15.3. The number of carbonyl (C=O) groups excluding carboxylic acids is 3. The van der Waals surface area contributed by atoms with Gasteiger partial charge in [0.05, 0.1) is 11.6 Å². The number of amides is 1. The van der Waals surface area contributed by atoms with E-state index >= 15 is 0 Å². The Hall–Kier alpha value is -2.70. The van der Waals surface area contributed by atoms with Gasteiger partial charge in [-0.1, -0.05) is 72.9 Å². The van der Waals surface area contributed by atoms with Crippen LogP contribution in [-0.2, 0) is 14.3 Å². The molecule has 0 bridgehead atoms. The van der Waals surface area contributed by atoms with E-state index in [9.17, 15) is 14.4 Å². The standard InChI is InChI=1S/C35H53N3O4/c1-24(39)42-32(41)26-16-14-25(15-17-26)29(20-21-33(2,3)4)38-31(40)30(37(8)28-12-10-9-11-13-28)36-35(38)22-18-27(19-23-35)34(5,6)7/h14-17,27-29H,9-13,18-23H2,1-8H3/t27?,29-,35?/m1/s1. The average Bonchev–Trinajstić information content (AvgIpc) is 3.19. The second kappa shape index (κ2) is 12.5. The number of likely N-dealkylation sites (N-methyl/N-ethyl adjacent to an activating group) is 1. The molecule has 232 valence electrons. The van der Waals surface area contributed by atoms with Crippen LogP contribution in [0.5, 0.6) is 0 Å². The average molecular weight is 580 g/mol. The van der Waals surface area contributed by atoms with Gasteiger partial charge in [0.25, 0.3) is 5.91 Å². The number of amidine groups is 1. The van der Waals surface area contributed by atoms with Crippen molar-refractivity contribution < 1.29 is 19.1 Å². The summed E-state index contributed by atoms with van der Waals surface area (Å²) in [6, 6.07) is 7.45. The van der Waals surface area contributed by atoms with Gasteiger partial charge in [-0.3, -0.25) is 9.59 Å². The minimum atomic E-state index is -0.658. The van der Waals surface area contributed by atoms with E-state index in [0.29, 0.717) is 23.4 Å². The predicted octanol–water partition coefficient (Wildman–Crippen LogP) is 7.70. The zero-order valence-electron chi connectivity index (χ0n) is 27.3. The van der Waals surface area contributed by atoms with Crippen molar-refractivity contribution in [2.24, 2.45) is 21.7 Å². The normalized spacial score (nSPS) is 24.5. The summed E-state index contributed by atoms with van der Waals surface area (Å²) in [4.78, 5) is 48.1. The van der Waals surface area contributed by atoms with Crippen LogP contribution in [0.15, 0.2) is 29.3 Å². The first-order valence-corrected chi connectivity index (χ1v) is 16.1. The minimum absolute atomic E-state index is 0.0382. The zero-order chi connectivity index (χ0) is 30.9. The van der Waals surface area contributed by atoms with Crippen molar-refractivity contribution >= 4 is 23.7 Å². The van der Waals surface area contributed by atoms with Gasteiger partial charge in [-0.05, 0) is 85.8 Å². The summed E-state index contributed by atoms with van der Waals surface area (Å²) in [5, 5.41) is 0. The van der Waals surface area contributed by atoms with Crippen LogP contribution in [0.1, 0.15) is 141 Å². The Bertz CT molecular complexity index is 1160. The molecule has 0 saturated heterocycles. The minimum Gasteiger partial charge on any atom is -0.390 e. The third-order valence-corrected chi connectivity index (χ3v) is 9.89. The van der Waals surface area contributed by atoms with Crippen molar-refractivity contribution in [2.45, 2.75) is 137 Å². The van der Waals surface area contributed by atoms with E-state index in [2.05, 4.69) is 58.4 Å². The summed E-state index contributed by atoms with van der Waals surface area (Å²) in [7, 11) is 2.07. The molecule has 7 heteroatoms. The SMILES string of the molecule is CC(=O)OC(=O)c1ccc([C@@H](CCC(C)(C)C)N2C(=O)C(N(C)C3CCCCC3)=NC23CCC(C(C)(C)C)CC3)cc1. The van der Waals surface area contributed by atoms with Crippen LogP contribution >= 0.6 is 0 Å². The highest BCUT2D eigenvalue weighted by Crippen LogP contribution is 2.50. The highest BCUT2D eigenvalue weighted by molar-refractivity contribution is 6.39. The number of aliphatic imine (C=N–C) groups is 1.